The van der Waals surface area contributed by atoms with Crippen molar-refractivity contribution in [1.29, 1.82) is 0 Å². The van der Waals surface area contributed by atoms with E-state index in [1.165, 1.54) is 0 Å². The summed E-state index contributed by atoms with van der Waals surface area (Å²) in [5.74, 6) is 1.04. The number of amides is 1. The molecule has 0 aromatic carbocycles. The van der Waals surface area contributed by atoms with Crippen LogP contribution in [0.15, 0.2) is 18.3 Å². The van der Waals surface area contributed by atoms with E-state index in [0.29, 0.717) is 6.54 Å². The van der Waals surface area contributed by atoms with Crippen molar-refractivity contribution in [1.82, 2.24) is 15.5 Å². The van der Waals surface area contributed by atoms with E-state index in [2.05, 4.69) is 27.3 Å². The lowest BCUT2D eigenvalue weighted by Gasteiger charge is -2.38. The van der Waals surface area contributed by atoms with Crippen LogP contribution in [0.4, 0.5) is 5.82 Å². The summed E-state index contributed by atoms with van der Waals surface area (Å²) in [6.45, 7) is 5.90. The minimum Gasteiger partial charge on any atom is -0.380 e. The monoisotopic (exact) mass is 276 g/mol. The van der Waals surface area contributed by atoms with E-state index in [-0.39, 0.29) is 17.2 Å². The lowest BCUT2D eigenvalue weighted by Crippen LogP contribution is -2.49. The number of nitrogens with one attached hydrogen (secondary N) is 1. The highest BCUT2D eigenvalue weighted by Crippen LogP contribution is 2.26. The van der Waals surface area contributed by atoms with Crippen LogP contribution >= 0.6 is 0 Å². The predicted molar refractivity (Wildman–Crippen MR) is 74.3 cm³/mol. The average Bonchev–Trinajstić information content (AvgIpc) is 2.93. The Morgan fingerprint density at radius 2 is 2.45 bits per heavy atom. The number of anilines is 1. The van der Waals surface area contributed by atoms with Gasteiger partial charge in [0, 0.05) is 31.2 Å². The highest BCUT2D eigenvalue weighted by molar-refractivity contribution is 5.80. The standard InChI is InChI=1S/C14H20N4O2/c1-14(9-20-10-14)8-15-13(19)11-4-6-18(7-11)12-3-2-5-16-17-12/h2-3,5,11H,4,6-10H2,1H3,(H,15,19)/t11-/m0/s1. The van der Waals surface area contributed by atoms with Crippen molar-refractivity contribution in [3.05, 3.63) is 18.3 Å². The van der Waals surface area contributed by atoms with E-state index in [4.69, 9.17) is 4.74 Å². The first-order valence-corrected chi connectivity index (χ1v) is 7.04. The molecule has 0 saturated carbocycles. The van der Waals surface area contributed by atoms with Gasteiger partial charge in [-0.2, -0.15) is 5.10 Å². The fraction of sp³-hybridized carbons (Fsp3) is 0.643. The molecule has 2 aliphatic heterocycles. The SMILES string of the molecule is CC1(CNC(=O)[C@H]2CCN(c3cccnn3)C2)COC1. The first-order valence-electron chi connectivity index (χ1n) is 7.04. The number of rotatable bonds is 4. The number of hydrogen-bond acceptors (Lipinski definition) is 5. The van der Waals surface area contributed by atoms with E-state index < -0.39 is 0 Å². The number of carbonyl (C=O) groups is 1. The summed E-state index contributed by atoms with van der Waals surface area (Å²) in [4.78, 5) is 14.3. The molecular formula is C14H20N4O2. The highest BCUT2D eigenvalue weighted by Gasteiger charge is 2.35. The van der Waals surface area contributed by atoms with Gasteiger partial charge in [0.15, 0.2) is 5.82 Å². The molecule has 20 heavy (non-hydrogen) atoms. The summed E-state index contributed by atoms with van der Waals surface area (Å²) in [5, 5.41) is 11.0. The van der Waals surface area contributed by atoms with Crippen LogP contribution in [-0.4, -0.2) is 49.0 Å². The van der Waals surface area contributed by atoms with Gasteiger partial charge >= 0.3 is 0 Å². The zero-order chi connectivity index (χ0) is 14.0. The predicted octanol–water partition coefficient (Wildman–Crippen LogP) is 0.456. The summed E-state index contributed by atoms with van der Waals surface area (Å²) in [7, 11) is 0. The molecule has 3 heterocycles. The molecule has 0 spiro atoms. The topological polar surface area (TPSA) is 67.4 Å². The van der Waals surface area contributed by atoms with Crippen LogP contribution in [0.25, 0.3) is 0 Å². The van der Waals surface area contributed by atoms with Crippen molar-refractivity contribution < 1.29 is 9.53 Å². The van der Waals surface area contributed by atoms with Crippen molar-refractivity contribution in [2.24, 2.45) is 11.3 Å². The Kier molecular flexibility index (Phi) is 3.56. The molecule has 3 rings (SSSR count). The molecule has 1 amide bonds. The van der Waals surface area contributed by atoms with Crippen LogP contribution < -0.4 is 10.2 Å². The lowest BCUT2D eigenvalue weighted by atomic mass is 9.88. The number of hydrogen-bond donors (Lipinski definition) is 1. The largest absolute Gasteiger partial charge is 0.380 e. The van der Waals surface area contributed by atoms with Crippen LogP contribution in [0.1, 0.15) is 13.3 Å². The van der Waals surface area contributed by atoms with Crippen molar-refractivity contribution in [2.75, 3.05) is 37.7 Å². The first-order chi connectivity index (χ1) is 9.66. The molecule has 0 radical (unpaired) electrons. The van der Waals surface area contributed by atoms with Gasteiger partial charge in [-0.1, -0.05) is 6.92 Å². The summed E-state index contributed by atoms with van der Waals surface area (Å²) in [6.07, 6.45) is 2.53. The summed E-state index contributed by atoms with van der Waals surface area (Å²) in [6, 6.07) is 3.80. The molecule has 0 bridgehead atoms. The Morgan fingerprint density at radius 1 is 1.60 bits per heavy atom. The molecule has 1 N–H and O–H groups in total. The van der Waals surface area contributed by atoms with Gasteiger partial charge in [0.1, 0.15) is 0 Å². The van der Waals surface area contributed by atoms with Crippen molar-refractivity contribution in [3.8, 4) is 0 Å². The summed E-state index contributed by atoms with van der Waals surface area (Å²) >= 11 is 0. The molecule has 2 saturated heterocycles. The minimum atomic E-state index is 0.0431. The molecule has 108 valence electrons. The quantitative estimate of drug-likeness (QED) is 0.865. The second-order valence-corrected chi connectivity index (χ2v) is 6.03. The fourth-order valence-corrected chi connectivity index (χ4v) is 2.64. The van der Waals surface area contributed by atoms with E-state index >= 15 is 0 Å². The Labute approximate surface area is 118 Å². The molecule has 6 heteroatoms. The van der Waals surface area contributed by atoms with Crippen LogP contribution in [0.2, 0.25) is 0 Å². The van der Waals surface area contributed by atoms with Crippen molar-refractivity contribution in [3.63, 3.8) is 0 Å². The van der Waals surface area contributed by atoms with Gasteiger partial charge in [0.2, 0.25) is 5.91 Å². The van der Waals surface area contributed by atoms with Crippen molar-refractivity contribution in [2.45, 2.75) is 13.3 Å². The number of aromatic nitrogens is 2. The second kappa shape index (κ2) is 5.36. The van der Waals surface area contributed by atoms with E-state index in [0.717, 1.165) is 38.5 Å². The molecule has 6 nitrogen and oxygen atoms in total. The molecular weight excluding hydrogens is 256 g/mol. The van der Waals surface area contributed by atoms with Gasteiger partial charge in [0.05, 0.1) is 19.1 Å². The van der Waals surface area contributed by atoms with Crippen LogP contribution in [0, 0.1) is 11.3 Å². The van der Waals surface area contributed by atoms with Gasteiger partial charge in [-0.25, -0.2) is 0 Å². The van der Waals surface area contributed by atoms with Gasteiger partial charge in [0.25, 0.3) is 0 Å². The maximum Gasteiger partial charge on any atom is 0.224 e. The molecule has 1 atom stereocenters. The smallest absolute Gasteiger partial charge is 0.224 e. The molecule has 1 aromatic rings. The van der Waals surface area contributed by atoms with Crippen LogP contribution in [0.5, 0.6) is 0 Å². The molecule has 0 unspecified atom stereocenters. The molecule has 2 fully saturated rings. The zero-order valence-electron chi connectivity index (χ0n) is 11.7. The number of ether oxygens (including phenoxy) is 1. The van der Waals surface area contributed by atoms with E-state index in [9.17, 15) is 4.79 Å². The van der Waals surface area contributed by atoms with Gasteiger partial charge in [-0.15, -0.1) is 5.10 Å². The third-order valence-electron chi connectivity index (χ3n) is 4.03. The maximum atomic E-state index is 12.2. The van der Waals surface area contributed by atoms with Gasteiger partial charge in [-0.05, 0) is 18.6 Å². The minimum absolute atomic E-state index is 0.0431. The Morgan fingerprint density at radius 3 is 3.10 bits per heavy atom. The van der Waals surface area contributed by atoms with E-state index in [1.807, 2.05) is 12.1 Å². The Hall–Kier alpha value is -1.69. The number of carbonyl (C=O) groups excluding carboxylic acids is 1. The number of nitrogens with zero attached hydrogens (tertiary/aromatic N) is 3. The van der Waals surface area contributed by atoms with Crippen LogP contribution in [-0.2, 0) is 9.53 Å². The lowest BCUT2D eigenvalue weighted by molar-refractivity contribution is -0.129. The maximum absolute atomic E-state index is 12.2. The second-order valence-electron chi connectivity index (χ2n) is 6.03. The Bertz CT molecular complexity index is 475. The summed E-state index contributed by atoms with van der Waals surface area (Å²) < 4.78 is 5.20. The average molecular weight is 276 g/mol. The van der Waals surface area contributed by atoms with Gasteiger partial charge < -0.3 is 15.0 Å². The molecule has 0 aliphatic carbocycles. The fourth-order valence-electron chi connectivity index (χ4n) is 2.64. The zero-order valence-corrected chi connectivity index (χ0v) is 11.7. The van der Waals surface area contributed by atoms with Crippen LogP contribution in [0.3, 0.4) is 0 Å². The van der Waals surface area contributed by atoms with Crippen molar-refractivity contribution >= 4 is 11.7 Å². The molecule has 1 aromatic heterocycles. The Balaban J connectivity index is 1.50. The van der Waals surface area contributed by atoms with E-state index in [1.54, 1.807) is 6.20 Å². The molecule has 2 aliphatic rings. The summed E-state index contributed by atoms with van der Waals surface area (Å²) in [5.41, 5.74) is 0.124. The first kappa shape index (κ1) is 13.3. The highest BCUT2D eigenvalue weighted by atomic mass is 16.5. The third-order valence-corrected chi connectivity index (χ3v) is 4.03. The third kappa shape index (κ3) is 2.75. The normalized spacial score (nSPS) is 24.2. The van der Waals surface area contributed by atoms with Gasteiger partial charge in [-0.3, -0.25) is 4.79 Å².